The number of carbonyl (C=O) groups is 2. The smallest absolute Gasteiger partial charge is 0.291 e. The molecule has 7 nitrogen and oxygen atoms in total. The first-order chi connectivity index (χ1) is 16.3. The lowest BCUT2D eigenvalue weighted by Gasteiger charge is -2.14. The number of aryl methyl sites for hydroxylation is 2. The van der Waals surface area contributed by atoms with Crippen molar-refractivity contribution in [1.29, 1.82) is 0 Å². The highest BCUT2D eigenvalue weighted by Gasteiger charge is 2.15. The fraction of sp³-hybridized carbons (Fsp3) is 0.115. The number of thiocarbonyl (C=S) groups is 1. The number of amides is 2. The van der Waals surface area contributed by atoms with Gasteiger partial charge in [0.05, 0.1) is 12.8 Å². The van der Waals surface area contributed by atoms with Crippen molar-refractivity contribution < 1.29 is 18.7 Å². The van der Waals surface area contributed by atoms with E-state index in [1.165, 1.54) is 7.11 Å². The Morgan fingerprint density at radius 1 is 0.882 bits per heavy atom. The minimum atomic E-state index is -0.397. The van der Waals surface area contributed by atoms with Gasteiger partial charge in [-0.3, -0.25) is 14.9 Å². The monoisotopic (exact) mass is 473 g/mol. The molecule has 1 aromatic heterocycles. The van der Waals surface area contributed by atoms with E-state index in [2.05, 4.69) is 16.0 Å². The van der Waals surface area contributed by atoms with E-state index in [0.717, 1.165) is 16.5 Å². The van der Waals surface area contributed by atoms with E-state index in [0.29, 0.717) is 28.3 Å². The number of carbonyl (C=O) groups excluding carboxylic acids is 2. The van der Waals surface area contributed by atoms with E-state index in [-0.39, 0.29) is 16.8 Å². The van der Waals surface area contributed by atoms with Gasteiger partial charge in [0, 0.05) is 22.7 Å². The third-order valence-corrected chi connectivity index (χ3v) is 5.56. The molecule has 8 heteroatoms. The number of methoxy groups -OCH3 is 1. The summed E-state index contributed by atoms with van der Waals surface area (Å²) in [5.74, 6) is -0.0906. The minimum absolute atomic E-state index is 0.143. The zero-order valence-corrected chi connectivity index (χ0v) is 19.7. The van der Waals surface area contributed by atoms with E-state index in [4.69, 9.17) is 21.4 Å². The van der Waals surface area contributed by atoms with E-state index in [1.54, 1.807) is 36.4 Å². The molecular weight excluding hydrogens is 450 g/mol. The summed E-state index contributed by atoms with van der Waals surface area (Å²) in [5, 5.41) is 9.41. The Kier molecular flexibility index (Phi) is 6.60. The molecule has 0 spiro atoms. The highest BCUT2D eigenvalue weighted by atomic mass is 32.1. The number of hydrogen-bond acceptors (Lipinski definition) is 5. The Balaban J connectivity index is 1.42. The minimum Gasteiger partial charge on any atom is -0.494 e. The average Bonchev–Trinajstić information content (AvgIpc) is 3.26. The van der Waals surface area contributed by atoms with Crippen molar-refractivity contribution >= 4 is 51.5 Å². The van der Waals surface area contributed by atoms with Crippen LogP contribution in [0.15, 0.2) is 71.1 Å². The lowest BCUT2D eigenvalue weighted by atomic mass is 10.1. The van der Waals surface area contributed by atoms with Gasteiger partial charge in [-0.15, -0.1) is 0 Å². The molecule has 0 saturated carbocycles. The molecule has 3 aromatic carbocycles. The molecule has 0 unspecified atom stereocenters. The van der Waals surface area contributed by atoms with Crippen molar-refractivity contribution in [2.24, 2.45) is 0 Å². The molecule has 4 rings (SSSR count). The summed E-state index contributed by atoms with van der Waals surface area (Å²) in [5.41, 5.74) is 4.34. The second-order valence-electron chi connectivity index (χ2n) is 7.72. The Labute approximate surface area is 202 Å². The third-order valence-electron chi connectivity index (χ3n) is 5.35. The lowest BCUT2D eigenvalue weighted by molar-refractivity contribution is 0.0975. The summed E-state index contributed by atoms with van der Waals surface area (Å²) < 4.78 is 11.0. The normalized spacial score (nSPS) is 10.6. The molecule has 1 heterocycles. The van der Waals surface area contributed by atoms with Crippen LogP contribution in [0.4, 0.5) is 11.4 Å². The van der Waals surface area contributed by atoms with Crippen molar-refractivity contribution in [2.75, 3.05) is 17.7 Å². The zero-order valence-electron chi connectivity index (χ0n) is 18.9. The SMILES string of the molecule is COc1cc(NC(=S)NC(=O)c2ccc(C)c(C)c2)ccc1NC(=O)c1cc2ccccc2o1. The van der Waals surface area contributed by atoms with E-state index < -0.39 is 5.91 Å². The highest BCUT2D eigenvalue weighted by molar-refractivity contribution is 7.80. The van der Waals surface area contributed by atoms with Crippen LogP contribution in [0.5, 0.6) is 5.75 Å². The molecule has 0 radical (unpaired) electrons. The summed E-state index contributed by atoms with van der Waals surface area (Å²) in [4.78, 5) is 25.2. The van der Waals surface area contributed by atoms with Crippen LogP contribution < -0.4 is 20.7 Å². The van der Waals surface area contributed by atoms with E-state index >= 15 is 0 Å². The Morgan fingerprint density at radius 3 is 2.41 bits per heavy atom. The number of rotatable bonds is 5. The van der Waals surface area contributed by atoms with Gasteiger partial charge in [0.25, 0.3) is 11.8 Å². The van der Waals surface area contributed by atoms with Crippen LogP contribution in [-0.2, 0) is 0 Å². The van der Waals surface area contributed by atoms with Gasteiger partial charge in [0.1, 0.15) is 11.3 Å². The molecule has 0 fully saturated rings. The number of anilines is 2. The summed E-state index contributed by atoms with van der Waals surface area (Å²) in [6.45, 7) is 3.93. The van der Waals surface area contributed by atoms with Crippen LogP contribution >= 0.6 is 12.2 Å². The average molecular weight is 474 g/mol. The highest BCUT2D eigenvalue weighted by Crippen LogP contribution is 2.29. The molecule has 3 N–H and O–H groups in total. The molecule has 0 bridgehead atoms. The van der Waals surface area contributed by atoms with Gasteiger partial charge in [-0.1, -0.05) is 24.3 Å². The Hall–Kier alpha value is -4.17. The van der Waals surface area contributed by atoms with Crippen molar-refractivity contribution in [3.63, 3.8) is 0 Å². The predicted octanol–water partition coefficient (Wildman–Crippen LogP) is 5.44. The molecule has 2 amide bonds. The Bertz CT molecular complexity index is 1380. The summed E-state index contributed by atoms with van der Waals surface area (Å²) in [6.07, 6.45) is 0. The lowest BCUT2D eigenvalue weighted by Crippen LogP contribution is -2.34. The van der Waals surface area contributed by atoms with Crippen LogP contribution in [0.1, 0.15) is 32.0 Å². The van der Waals surface area contributed by atoms with Gasteiger partial charge in [0.15, 0.2) is 10.9 Å². The summed E-state index contributed by atoms with van der Waals surface area (Å²) >= 11 is 5.28. The maximum absolute atomic E-state index is 12.7. The molecular formula is C26H23N3O4S. The Morgan fingerprint density at radius 2 is 1.68 bits per heavy atom. The molecule has 0 aliphatic carbocycles. The second kappa shape index (κ2) is 9.76. The number of fused-ring (bicyclic) bond motifs is 1. The van der Waals surface area contributed by atoms with Gasteiger partial charge in [-0.2, -0.15) is 0 Å². The topological polar surface area (TPSA) is 92.6 Å². The standard InChI is InChI=1S/C26H23N3O4S/c1-15-8-9-18(12-16(15)2)24(30)29-26(34)27-19-10-11-20(22(14-19)32-3)28-25(31)23-13-17-6-4-5-7-21(17)33-23/h4-14H,1-3H3,(H,28,31)(H2,27,29,30,34). The van der Waals surface area contributed by atoms with Gasteiger partial charge in [-0.05, 0) is 73.6 Å². The van der Waals surface area contributed by atoms with E-state index in [9.17, 15) is 9.59 Å². The number of nitrogens with one attached hydrogen (secondary N) is 3. The molecule has 0 aliphatic heterocycles. The molecule has 0 saturated heterocycles. The first-order valence-electron chi connectivity index (χ1n) is 10.5. The first kappa shape index (κ1) is 23.0. The number of benzene rings is 3. The molecule has 4 aromatic rings. The summed E-state index contributed by atoms with van der Waals surface area (Å²) in [6, 6.07) is 19.6. The fourth-order valence-electron chi connectivity index (χ4n) is 3.37. The van der Waals surface area contributed by atoms with Gasteiger partial charge in [-0.25, -0.2) is 0 Å². The molecule has 0 aliphatic rings. The number of furan rings is 1. The number of ether oxygens (including phenoxy) is 1. The van der Waals surface area contributed by atoms with Gasteiger partial charge >= 0.3 is 0 Å². The number of para-hydroxylation sites is 1. The summed E-state index contributed by atoms with van der Waals surface area (Å²) in [7, 11) is 1.50. The van der Waals surface area contributed by atoms with Gasteiger partial charge < -0.3 is 19.8 Å². The number of hydrogen-bond donors (Lipinski definition) is 3. The van der Waals surface area contributed by atoms with Crippen LogP contribution in [0.2, 0.25) is 0 Å². The molecule has 0 atom stereocenters. The van der Waals surface area contributed by atoms with Crippen molar-refractivity contribution in [1.82, 2.24) is 5.32 Å². The van der Waals surface area contributed by atoms with E-state index in [1.807, 2.05) is 44.2 Å². The largest absolute Gasteiger partial charge is 0.494 e. The zero-order chi connectivity index (χ0) is 24.2. The van der Waals surface area contributed by atoms with Crippen LogP contribution in [0, 0.1) is 13.8 Å². The quantitative estimate of drug-likeness (QED) is 0.335. The molecule has 34 heavy (non-hydrogen) atoms. The van der Waals surface area contributed by atoms with Crippen LogP contribution in [0.25, 0.3) is 11.0 Å². The maximum atomic E-state index is 12.7. The predicted molar refractivity (Wildman–Crippen MR) is 137 cm³/mol. The maximum Gasteiger partial charge on any atom is 0.291 e. The fourth-order valence-corrected chi connectivity index (χ4v) is 3.58. The van der Waals surface area contributed by atoms with Crippen molar-refractivity contribution in [3.8, 4) is 5.75 Å². The molecule has 172 valence electrons. The van der Waals surface area contributed by atoms with Gasteiger partial charge in [0.2, 0.25) is 0 Å². The van der Waals surface area contributed by atoms with Crippen molar-refractivity contribution in [3.05, 3.63) is 89.2 Å². The van der Waals surface area contributed by atoms with Crippen LogP contribution in [-0.4, -0.2) is 24.0 Å². The van der Waals surface area contributed by atoms with Crippen molar-refractivity contribution in [2.45, 2.75) is 13.8 Å². The second-order valence-corrected chi connectivity index (χ2v) is 8.13. The van der Waals surface area contributed by atoms with Crippen LogP contribution in [0.3, 0.4) is 0 Å². The first-order valence-corrected chi connectivity index (χ1v) is 10.9. The third kappa shape index (κ3) is 5.07.